The highest BCUT2D eigenvalue weighted by atomic mass is 35.5. The summed E-state index contributed by atoms with van der Waals surface area (Å²) in [5.74, 6) is 8.07. The molecule has 0 aliphatic heterocycles. The highest BCUT2D eigenvalue weighted by Gasteiger charge is 2.16. The standard InChI is InChI=1S/C16H14Cl2N4OS/c1-23-14-5-3-2-4-10(14)9-24-16-21-20-15(22(16)19)12-8-11(17)6-7-13(12)18/h2-8H,9,19H2,1H3. The summed E-state index contributed by atoms with van der Waals surface area (Å²) in [7, 11) is 1.65. The van der Waals surface area contributed by atoms with E-state index in [0.29, 0.717) is 32.3 Å². The third-order valence-electron chi connectivity index (χ3n) is 3.38. The molecule has 124 valence electrons. The van der Waals surface area contributed by atoms with Crippen LogP contribution in [0.2, 0.25) is 10.0 Å². The van der Waals surface area contributed by atoms with Crippen LogP contribution in [0.15, 0.2) is 47.6 Å². The topological polar surface area (TPSA) is 66.0 Å². The monoisotopic (exact) mass is 380 g/mol. The number of hydrogen-bond donors (Lipinski definition) is 1. The van der Waals surface area contributed by atoms with E-state index in [1.807, 2.05) is 24.3 Å². The zero-order chi connectivity index (χ0) is 17.1. The number of nitrogen functional groups attached to an aromatic ring is 1. The van der Waals surface area contributed by atoms with Crippen molar-refractivity contribution in [2.75, 3.05) is 13.0 Å². The number of nitrogens with two attached hydrogens (primary N) is 1. The van der Waals surface area contributed by atoms with E-state index in [2.05, 4.69) is 10.2 Å². The van der Waals surface area contributed by atoms with Gasteiger partial charge in [-0.25, -0.2) is 4.68 Å². The molecule has 0 radical (unpaired) electrons. The Hall–Kier alpha value is -1.89. The fourth-order valence-electron chi connectivity index (χ4n) is 2.19. The van der Waals surface area contributed by atoms with Crippen LogP contribution >= 0.6 is 35.0 Å². The summed E-state index contributed by atoms with van der Waals surface area (Å²) < 4.78 is 6.76. The lowest BCUT2D eigenvalue weighted by Gasteiger charge is -2.08. The molecule has 0 spiro atoms. The number of ether oxygens (including phenoxy) is 1. The van der Waals surface area contributed by atoms with Gasteiger partial charge in [-0.1, -0.05) is 53.2 Å². The Labute approximate surface area is 153 Å². The molecule has 8 heteroatoms. The zero-order valence-corrected chi connectivity index (χ0v) is 15.1. The summed E-state index contributed by atoms with van der Waals surface area (Å²) >= 11 is 13.7. The Morgan fingerprint density at radius 3 is 2.75 bits per heavy atom. The van der Waals surface area contributed by atoms with E-state index in [1.54, 1.807) is 25.3 Å². The Morgan fingerprint density at radius 1 is 1.17 bits per heavy atom. The molecule has 1 aromatic heterocycles. The van der Waals surface area contributed by atoms with Crippen LogP contribution in [-0.4, -0.2) is 22.0 Å². The first kappa shape index (κ1) is 17.0. The SMILES string of the molecule is COc1ccccc1CSc1nnc(-c2cc(Cl)ccc2Cl)n1N. The molecule has 0 amide bonds. The number of nitrogens with zero attached hydrogens (tertiary/aromatic N) is 3. The Bertz CT molecular complexity index is 869. The van der Waals surface area contributed by atoms with Crippen molar-refractivity contribution in [3.8, 4) is 17.1 Å². The molecular formula is C16H14Cl2N4OS. The molecule has 0 unspecified atom stereocenters. The molecule has 2 N–H and O–H groups in total. The second-order valence-corrected chi connectivity index (χ2v) is 6.69. The van der Waals surface area contributed by atoms with Gasteiger partial charge in [0.05, 0.1) is 12.1 Å². The molecule has 3 aromatic rings. The van der Waals surface area contributed by atoms with Gasteiger partial charge in [0.2, 0.25) is 5.16 Å². The second kappa shape index (κ2) is 7.34. The number of aromatic nitrogens is 3. The van der Waals surface area contributed by atoms with Crippen molar-refractivity contribution in [1.82, 2.24) is 14.9 Å². The average Bonchev–Trinajstić information content (AvgIpc) is 2.96. The average molecular weight is 381 g/mol. The smallest absolute Gasteiger partial charge is 0.210 e. The van der Waals surface area contributed by atoms with Crippen LogP contribution in [0.5, 0.6) is 5.75 Å². The molecule has 0 atom stereocenters. The van der Waals surface area contributed by atoms with E-state index >= 15 is 0 Å². The van der Waals surface area contributed by atoms with E-state index < -0.39 is 0 Å². The number of rotatable bonds is 5. The van der Waals surface area contributed by atoms with Crippen LogP contribution in [-0.2, 0) is 5.75 Å². The van der Waals surface area contributed by atoms with Crippen molar-refractivity contribution in [1.29, 1.82) is 0 Å². The summed E-state index contributed by atoms with van der Waals surface area (Å²) in [5, 5.41) is 9.92. The normalized spacial score (nSPS) is 10.8. The maximum absolute atomic E-state index is 6.21. The first-order valence-corrected chi connectivity index (χ1v) is 8.75. The Kier molecular flexibility index (Phi) is 5.18. The predicted molar refractivity (Wildman–Crippen MR) is 98.2 cm³/mol. The van der Waals surface area contributed by atoms with E-state index in [4.69, 9.17) is 33.8 Å². The molecule has 5 nitrogen and oxygen atoms in total. The van der Waals surface area contributed by atoms with Crippen molar-refractivity contribution in [2.24, 2.45) is 0 Å². The number of thioether (sulfide) groups is 1. The predicted octanol–water partition coefficient (Wildman–Crippen LogP) is 4.27. The Morgan fingerprint density at radius 2 is 1.96 bits per heavy atom. The largest absolute Gasteiger partial charge is 0.496 e. The molecule has 0 aliphatic rings. The number of benzene rings is 2. The third-order valence-corrected chi connectivity index (χ3v) is 4.94. The van der Waals surface area contributed by atoms with Gasteiger partial charge in [-0.2, -0.15) is 0 Å². The fraction of sp³-hybridized carbons (Fsp3) is 0.125. The minimum absolute atomic E-state index is 0.463. The van der Waals surface area contributed by atoms with Crippen molar-refractivity contribution in [3.63, 3.8) is 0 Å². The van der Waals surface area contributed by atoms with Crippen LogP contribution in [0.25, 0.3) is 11.4 Å². The molecule has 0 fully saturated rings. The molecule has 0 aliphatic carbocycles. The van der Waals surface area contributed by atoms with Gasteiger partial charge in [0.1, 0.15) is 5.75 Å². The molecule has 1 heterocycles. The number of methoxy groups -OCH3 is 1. The van der Waals surface area contributed by atoms with Crippen molar-refractivity contribution in [3.05, 3.63) is 58.1 Å². The van der Waals surface area contributed by atoms with Gasteiger partial charge in [-0.15, -0.1) is 10.2 Å². The molecule has 0 saturated carbocycles. The molecular weight excluding hydrogens is 367 g/mol. The van der Waals surface area contributed by atoms with Gasteiger partial charge < -0.3 is 10.6 Å². The van der Waals surface area contributed by atoms with Crippen LogP contribution < -0.4 is 10.6 Å². The van der Waals surface area contributed by atoms with Crippen molar-refractivity contribution in [2.45, 2.75) is 10.9 Å². The van der Waals surface area contributed by atoms with E-state index in [1.165, 1.54) is 16.4 Å². The number of para-hydroxylation sites is 1. The van der Waals surface area contributed by atoms with Crippen LogP contribution in [0.4, 0.5) is 0 Å². The van der Waals surface area contributed by atoms with Gasteiger partial charge in [0.15, 0.2) is 5.82 Å². The summed E-state index contributed by atoms with van der Waals surface area (Å²) in [5.41, 5.74) is 1.69. The zero-order valence-electron chi connectivity index (χ0n) is 12.7. The van der Waals surface area contributed by atoms with Gasteiger partial charge in [-0.3, -0.25) is 0 Å². The first-order chi connectivity index (χ1) is 11.6. The van der Waals surface area contributed by atoms with Gasteiger partial charge >= 0.3 is 0 Å². The molecule has 2 aromatic carbocycles. The molecule has 0 bridgehead atoms. The lowest BCUT2D eigenvalue weighted by Crippen LogP contribution is -2.11. The lowest BCUT2D eigenvalue weighted by atomic mass is 10.2. The van der Waals surface area contributed by atoms with Crippen molar-refractivity contribution < 1.29 is 4.74 Å². The summed E-state index contributed by atoms with van der Waals surface area (Å²) in [6.45, 7) is 0. The lowest BCUT2D eigenvalue weighted by molar-refractivity contribution is 0.411. The highest BCUT2D eigenvalue weighted by Crippen LogP contribution is 2.32. The van der Waals surface area contributed by atoms with Gasteiger partial charge in [0.25, 0.3) is 0 Å². The van der Waals surface area contributed by atoms with E-state index in [-0.39, 0.29) is 0 Å². The number of halogens is 2. The van der Waals surface area contributed by atoms with E-state index in [0.717, 1.165) is 11.3 Å². The summed E-state index contributed by atoms with van der Waals surface area (Å²) in [4.78, 5) is 0. The first-order valence-electron chi connectivity index (χ1n) is 7.00. The Balaban J connectivity index is 1.84. The second-order valence-electron chi connectivity index (χ2n) is 4.90. The summed E-state index contributed by atoms with van der Waals surface area (Å²) in [6, 6.07) is 12.9. The minimum Gasteiger partial charge on any atom is -0.496 e. The third kappa shape index (κ3) is 3.45. The highest BCUT2D eigenvalue weighted by molar-refractivity contribution is 7.98. The maximum atomic E-state index is 6.21. The minimum atomic E-state index is 0.463. The molecule has 3 rings (SSSR count). The molecule has 0 saturated heterocycles. The molecule has 24 heavy (non-hydrogen) atoms. The maximum Gasteiger partial charge on any atom is 0.210 e. The van der Waals surface area contributed by atoms with Gasteiger partial charge in [0, 0.05) is 21.9 Å². The van der Waals surface area contributed by atoms with Crippen LogP contribution in [0, 0.1) is 0 Å². The summed E-state index contributed by atoms with van der Waals surface area (Å²) in [6.07, 6.45) is 0. The van der Waals surface area contributed by atoms with Crippen LogP contribution in [0.3, 0.4) is 0 Å². The van der Waals surface area contributed by atoms with E-state index in [9.17, 15) is 0 Å². The van der Waals surface area contributed by atoms with Crippen molar-refractivity contribution >= 4 is 35.0 Å². The number of hydrogen-bond acceptors (Lipinski definition) is 5. The van der Waals surface area contributed by atoms with Gasteiger partial charge in [-0.05, 0) is 24.3 Å². The fourth-order valence-corrected chi connectivity index (χ4v) is 3.41. The quantitative estimate of drug-likeness (QED) is 0.528. The van der Waals surface area contributed by atoms with Crippen LogP contribution in [0.1, 0.15) is 5.56 Å².